The molecule has 0 unspecified atom stereocenters. The van der Waals surface area contributed by atoms with Crippen molar-refractivity contribution in [2.75, 3.05) is 30.8 Å². The van der Waals surface area contributed by atoms with Gasteiger partial charge in [-0.25, -0.2) is 8.42 Å². The number of benzene rings is 3. The van der Waals surface area contributed by atoms with Gasteiger partial charge in [0.2, 0.25) is 10.0 Å². The Kier molecular flexibility index (Phi) is 8.46. The number of carbonyl (C=O) groups is 1. The zero-order valence-corrected chi connectivity index (χ0v) is 20.4. The predicted molar refractivity (Wildman–Crippen MR) is 130 cm³/mol. The van der Waals surface area contributed by atoms with E-state index >= 15 is 0 Å². The van der Waals surface area contributed by atoms with E-state index in [9.17, 15) is 26.4 Å². The fourth-order valence-electron chi connectivity index (χ4n) is 3.25. The minimum Gasteiger partial charge on any atom is -0.497 e. The van der Waals surface area contributed by atoms with Crippen LogP contribution in [0, 0.1) is 0 Å². The molecule has 1 amide bonds. The molecule has 3 rings (SSSR count). The fourth-order valence-corrected chi connectivity index (χ4v) is 4.14. The second-order valence-corrected chi connectivity index (χ2v) is 9.70. The topological polar surface area (TPSA) is 84.9 Å². The third-order valence-electron chi connectivity index (χ3n) is 5.14. The third-order valence-corrected chi connectivity index (χ3v) is 6.28. The quantitative estimate of drug-likeness (QED) is 0.397. The molecule has 3 aromatic rings. The first-order valence-electron chi connectivity index (χ1n) is 10.8. The Morgan fingerprint density at radius 2 is 1.50 bits per heavy atom. The summed E-state index contributed by atoms with van der Waals surface area (Å²) >= 11 is 0. The van der Waals surface area contributed by atoms with Gasteiger partial charge in [-0.05, 0) is 66.2 Å². The van der Waals surface area contributed by atoms with Gasteiger partial charge in [0.25, 0.3) is 5.91 Å². The molecule has 192 valence electrons. The Morgan fingerprint density at radius 1 is 0.917 bits per heavy atom. The molecule has 0 bridgehead atoms. The summed E-state index contributed by atoms with van der Waals surface area (Å²) in [5.74, 6) is 1.01. The van der Waals surface area contributed by atoms with E-state index < -0.39 is 21.8 Å². The number of sulfonamides is 1. The maximum absolute atomic E-state index is 12.8. The molecule has 0 heterocycles. The number of hydrogen-bond donors (Lipinski definition) is 1. The highest BCUT2D eigenvalue weighted by atomic mass is 32.2. The van der Waals surface area contributed by atoms with E-state index in [4.69, 9.17) is 9.47 Å². The summed E-state index contributed by atoms with van der Waals surface area (Å²) in [7, 11) is -2.21. The van der Waals surface area contributed by atoms with Gasteiger partial charge in [0.05, 0.1) is 37.7 Å². The Bertz CT molecular complexity index is 1260. The number of rotatable bonds is 10. The van der Waals surface area contributed by atoms with Crippen molar-refractivity contribution in [3.8, 4) is 11.5 Å². The summed E-state index contributed by atoms with van der Waals surface area (Å²) < 4.78 is 74.7. The van der Waals surface area contributed by atoms with Gasteiger partial charge in [-0.15, -0.1) is 0 Å². The first-order chi connectivity index (χ1) is 17.0. The molecule has 0 aliphatic carbocycles. The van der Waals surface area contributed by atoms with Gasteiger partial charge in [0, 0.05) is 5.56 Å². The van der Waals surface area contributed by atoms with Crippen molar-refractivity contribution < 1.29 is 35.9 Å². The normalized spacial score (nSPS) is 11.6. The zero-order chi connectivity index (χ0) is 26.3. The van der Waals surface area contributed by atoms with Gasteiger partial charge in [0.1, 0.15) is 18.1 Å². The first kappa shape index (κ1) is 26.9. The number of ether oxygens (including phenoxy) is 2. The molecule has 0 radical (unpaired) electrons. The molecule has 7 nitrogen and oxygen atoms in total. The smallest absolute Gasteiger partial charge is 0.416 e. The van der Waals surface area contributed by atoms with Gasteiger partial charge in [-0.3, -0.25) is 9.10 Å². The summed E-state index contributed by atoms with van der Waals surface area (Å²) in [5, 5.41) is 2.73. The molecule has 0 spiro atoms. The third kappa shape index (κ3) is 7.38. The lowest BCUT2D eigenvalue weighted by Gasteiger charge is -2.23. The van der Waals surface area contributed by atoms with Crippen molar-refractivity contribution in [1.82, 2.24) is 5.32 Å². The molecule has 0 saturated carbocycles. The van der Waals surface area contributed by atoms with Crippen LogP contribution in [0.5, 0.6) is 11.5 Å². The largest absolute Gasteiger partial charge is 0.497 e. The Labute approximate surface area is 207 Å². The van der Waals surface area contributed by atoms with Crippen molar-refractivity contribution in [1.29, 1.82) is 0 Å². The van der Waals surface area contributed by atoms with Crippen LogP contribution in [-0.2, 0) is 22.7 Å². The second kappa shape index (κ2) is 11.3. The van der Waals surface area contributed by atoms with E-state index in [0.29, 0.717) is 22.6 Å². The van der Waals surface area contributed by atoms with Crippen molar-refractivity contribution in [3.05, 3.63) is 89.5 Å². The van der Waals surface area contributed by atoms with Crippen molar-refractivity contribution in [3.63, 3.8) is 0 Å². The Morgan fingerprint density at radius 3 is 2.03 bits per heavy atom. The van der Waals surface area contributed by atoms with E-state index in [0.717, 1.165) is 34.8 Å². The van der Waals surface area contributed by atoms with Crippen LogP contribution in [0.4, 0.5) is 18.9 Å². The minimum absolute atomic E-state index is 0.101. The molecule has 1 N–H and O–H groups in total. The number of hydrogen-bond acceptors (Lipinski definition) is 5. The van der Waals surface area contributed by atoms with Crippen LogP contribution < -0.4 is 19.1 Å². The molecule has 11 heteroatoms. The highest BCUT2D eigenvalue weighted by Crippen LogP contribution is 2.31. The van der Waals surface area contributed by atoms with Crippen molar-refractivity contribution >= 4 is 21.6 Å². The van der Waals surface area contributed by atoms with E-state index in [1.807, 2.05) is 0 Å². The van der Waals surface area contributed by atoms with Crippen LogP contribution in [0.3, 0.4) is 0 Å². The van der Waals surface area contributed by atoms with Gasteiger partial charge < -0.3 is 14.8 Å². The molecule has 36 heavy (non-hydrogen) atoms. The SMILES string of the molecule is COc1ccc(OCCNC(=O)c2ccc(CN(c3ccc(C(F)(F)F)cc3)S(C)(=O)=O)cc2)cc1. The standard InChI is InChI=1S/C25H25F3N2O5S/c1-34-22-11-13-23(14-12-22)35-16-15-29-24(31)19-5-3-18(4-6-19)17-30(36(2,32)33)21-9-7-20(8-10-21)25(26,27)28/h3-14H,15-17H2,1-2H3,(H,29,31). The number of nitrogens with zero attached hydrogens (tertiary/aromatic N) is 1. The Balaban J connectivity index is 1.58. The number of carbonyl (C=O) groups excluding carboxylic acids is 1. The maximum atomic E-state index is 12.8. The van der Waals surface area contributed by atoms with Crippen molar-refractivity contribution in [2.24, 2.45) is 0 Å². The Hall–Kier alpha value is -3.73. The van der Waals surface area contributed by atoms with E-state index in [1.54, 1.807) is 55.6 Å². The van der Waals surface area contributed by atoms with Gasteiger partial charge in [-0.1, -0.05) is 12.1 Å². The summed E-state index contributed by atoms with van der Waals surface area (Å²) in [4.78, 5) is 12.4. The van der Waals surface area contributed by atoms with E-state index in [2.05, 4.69) is 5.32 Å². The van der Waals surface area contributed by atoms with Crippen LogP contribution >= 0.6 is 0 Å². The second-order valence-electron chi connectivity index (χ2n) is 7.79. The van der Waals surface area contributed by atoms with Crippen LogP contribution in [0.25, 0.3) is 0 Å². The number of amides is 1. The summed E-state index contributed by atoms with van der Waals surface area (Å²) in [6.07, 6.45) is -3.55. The van der Waals surface area contributed by atoms with Crippen LogP contribution in [0.1, 0.15) is 21.5 Å². The number of methoxy groups -OCH3 is 1. The van der Waals surface area contributed by atoms with Gasteiger partial charge in [0.15, 0.2) is 0 Å². The van der Waals surface area contributed by atoms with Crippen LogP contribution in [-0.4, -0.2) is 40.8 Å². The molecule has 0 fully saturated rings. The molecular formula is C25H25F3N2O5S. The molecule has 0 saturated heterocycles. The lowest BCUT2D eigenvalue weighted by Crippen LogP contribution is -2.29. The zero-order valence-electron chi connectivity index (χ0n) is 19.6. The lowest BCUT2D eigenvalue weighted by atomic mass is 10.1. The van der Waals surface area contributed by atoms with Crippen LogP contribution in [0.2, 0.25) is 0 Å². The monoisotopic (exact) mass is 522 g/mol. The number of alkyl halides is 3. The maximum Gasteiger partial charge on any atom is 0.416 e. The highest BCUT2D eigenvalue weighted by Gasteiger charge is 2.30. The van der Waals surface area contributed by atoms with Crippen LogP contribution in [0.15, 0.2) is 72.8 Å². The summed E-state index contributed by atoms with van der Waals surface area (Å²) in [6.45, 7) is 0.413. The average molecular weight is 523 g/mol. The predicted octanol–water partition coefficient (Wildman–Crippen LogP) is 4.49. The van der Waals surface area contributed by atoms with Crippen molar-refractivity contribution in [2.45, 2.75) is 12.7 Å². The van der Waals surface area contributed by atoms with E-state index in [1.165, 1.54) is 0 Å². The minimum atomic E-state index is -4.52. The number of halogens is 3. The molecule has 0 atom stereocenters. The number of nitrogens with one attached hydrogen (secondary N) is 1. The van der Waals surface area contributed by atoms with E-state index in [-0.39, 0.29) is 31.3 Å². The fraction of sp³-hybridized carbons (Fsp3) is 0.240. The molecule has 3 aromatic carbocycles. The molecular weight excluding hydrogens is 497 g/mol. The van der Waals surface area contributed by atoms with Gasteiger partial charge >= 0.3 is 6.18 Å². The number of anilines is 1. The molecule has 0 aromatic heterocycles. The average Bonchev–Trinajstić information content (AvgIpc) is 2.84. The molecule has 0 aliphatic rings. The highest BCUT2D eigenvalue weighted by molar-refractivity contribution is 7.92. The van der Waals surface area contributed by atoms with Gasteiger partial charge in [-0.2, -0.15) is 13.2 Å². The first-order valence-corrected chi connectivity index (χ1v) is 12.6. The summed E-state index contributed by atoms with van der Waals surface area (Å²) in [5.41, 5.74) is 0.150. The molecule has 0 aliphatic heterocycles. The summed E-state index contributed by atoms with van der Waals surface area (Å²) in [6, 6.07) is 17.2. The lowest BCUT2D eigenvalue weighted by molar-refractivity contribution is -0.137.